The Kier molecular flexibility index (Phi) is 6.47. The Bertz CT molecular complexity index is 1730. The third-order valence-electron chi connectivity index (χ3n) is 6.50. The Hall–Kier alpha value is -3.41. The molecule has 0 radical (unpaired) electrons. The van der Waals surface area contributed by atoms with Crippen LogP contribution in [0.15, 0.2) is 56.8 Å². The zero-order valence-electron chi connectivity index (χ0n) is 20.9. The molecule has 2 aromatic carbocycles. The molecule has 1 fully saturated rings. The summed E-state index contributed by atoms with van der Waals surface area (Å²) in [6.45, 7) is 5.63. The van der Waals surface area contributed by atoms with Gasteiger partial charge in [0, 0.05) is 34.0 Å². The van der Waals surface area contributed by atoms with Crippen LogP contribution < -0.4 is 27.4 Å². The summed E-state index contributed by atoms with van der Waals surface area (Å²) >= 11 is 2.01. The van der Waals surface area contributed by atoms with Crippen molar-refractivity contribution in [2.24, 2.45) is 7.05 Å². The summed E-state index contributed by atoms with van der Waals surface area (Å²) in [5, 5.41) is 6.47. The molecular weight excluding hydrogens is 588 g/mol. The minimum absolute atomic E-state index is 0.124. The second kappa shape index (κ2) is 9.47. The number of halogens is 2. The summed E-state index contributed by atoms with van der Waals surface area (Å²) in [7, 11) is 1.53. The largest absolute Gasteiger partial charge is 0.383 e. The number of fused-ring (bicyclic) bond motifs is 1. The van der Waals surface area contributed by atoms with E-state index in [0.717, 1.165) is 18.5 Å². The molecule has 0 amide bonds. The molecule has 0 saturated heterocycles. The number of aryl methyl sites for hydroxylation is 1. The average Bonchev–Trinajstić information content (AvgIpc) is 3.67. The first-order chi connectivity index (χ1) is 17.6. The lowest BCUT2D eigenvalue weighted by Gasteiger charge is -2.21. The van der Waals surface area contributed by atoms with Gasteiger partial charge in [-0.3, -0.25) is 23.3 Å². The van der Waals surface area contributed by atoms with Crippen molar-refractivity contribution in [1.82, 2.24) is 13.7 Å². The molecular formula is C27H27FIN5O3. The van der Waals surface area contributed by atoms with E-state index in [1.165, 1.54) is 26.8 Å². The van der Waals surface area contributed by atoms with E-state index in [0.29, 0.717) is 9.26 Å². The number of rotatable bonds is 6. The SMILES string of the molecule is Cc1c(=O)n(C)c(Nc2ccc(I)cc2F)c2c(=O)n(C3CC3)c(=O)n(-c3cccc(NC(C)C)c3)c12. The lowest BCUT2D eigenvalue weighted by atomic mass is 10.1. The van der Waals surface area contributed by atoms with E-state index in [4.69, 9.17) is 0 Å². The summed E-state index contributed by atoms with van der Waals surface area (Å²) in [6.07, 6.45) is 1.43. The van der Waals surface area contributed by atoms with Crippen LogP contribution in [0.2, 0.25) is 0 Å². The number of aromatic nitrogens is 3. The van der Waals surface area contributed by atoms with Crippen LogP contribution in [0.1, 0.15) is 38.3 Å². The van der Waals surface area contributed by atoms with Crippen LogP contribution in [-0.2, 0) is 7.05 Å². The highest BCUT2D eigenvalue weighted by Gasteiger charge is 2.31. The molecule has 0 unspecified atom stereocenters. The van der Waals surface area contributed by atoms with Crippen LogP contribution in [0.25, 0.3) is 16.6 Å². The van der Waals surface area contributed by atoms with Gasteiger partial charge in [0.25, 0.3) is 11.1 Å². The van der Waals surface area contributed by atoms with Gasteiger partial charge in [-0.25, -0.2) is 9.18 Å². The van der Waals surface area contributed by atoms with Gasteiger partial charge in [-0.15, -0.1) is 0 Å². The minimum atomic E-state index is -0.517. The highest BCUT2D eigenvalue weighted by Crippen LogP contribution is 2.34. The Labute approximate surface area is 225 Å². The van der Waals surface area contributed by atoms with E-state index in [9.17, 15) is 18.8 Å². The normalized spacial score (nSPS) is 13.4. The zero-order valence-corrected chi connectivity index (χ0v) is 23.1. The van der Waals surface area contributed by atoms with Crippen molar-refractivity contribution >= 4 is 50.7 Å². The summed E-state index contributed by atoms with van der Waals surface area (Å²) in [5.74, 6) is -0.383. The van der Waals surface area contributed by atoms with Crippen molar-refractivity contribution in [3.05, 3.63) is 88.6 Å². The van der Waals surface area contributed by atoms with Crippen LogP contribution in [0.3, 0.4) is 0 Å². The smallest absolute Gasteiger partial charge is 0.336 e. The van der Waals surface area contributed by atoms with Crippen LogP contribution in [0.4, 0.5) is 21.6 Å². The number of benzene rings is 2. The molecule has 4 aromatic rings. The van der Waals surface area contributed by atoms with E-state index in [1.54, 1.807) is 25.1 Å². The number of nitrogens with one attached hydrogen (secondary N) is 2. The van der Waals surface area contributed by atoms with Gasteiger partial charge in [0.1, 0.15) is 17.0 Å². The number of nitrogens with zero attached hydrogens (tertiary/aromatic N) is 3. The molecule has 10 heteroatoms. The minimum Gasteiger partial charge on any atom is -0.383 e. The standard InChI is InChI=1S/C27H27FIN5O3/c1-14(2)30-17-6-5-7-19(13-17)33-23-15(3)25(35)32(4)24(31-21-11-8-16(29)12-20(21)28)22(23)26(36)34(27(33)37)18-9-10-18/h5-8,11-14,18,30-31H,9-10H2,1-4H3. The van der Waals surface area contributed by atoms with Crippen LogP contribution in [0, 0.1) is 16.3 Å². The van der Waals surface area contributed by atoms with Crippen molar-refractivity contribution in [3.8, 4) is 5.69 Å². The third kappa shape index (κ3) is 4.47. The summed E-state index contributed by atoms with van der Waals surface area (Å²) in [5.41, 5.74) is 0.533. The van der Waals surface area contributed by atoms with E-state index in [-0.39, 0.29) is 40.1 Å². The van der Waals surface area contributed by atoms with Crippen molar-refractivity contribution < 1.29 is 4.39 Å². The third-order valence-corrected chi connectivity index (χ3v) is 7.17. The molecule has 192 valence electrons. The van der Waals surface area contributed by atoms with Gasteiger partial charge < -0.3 is 10.6 Å². The molecule has 2 aromatic heterocycles. The molecule has 1 aliphatic carbocycles. The second-order valence-corrected chi connectivity index (χ2v) is 10.9. The highest BCUT2D eigenvalue weighted by atomic mass is 127. The number of hydrogen-bond donors (Lipinski definition) is 2. The van der Waals surface area contributed by atoms with Gasteiger partial charge in [-0.1, -0.05) is 6.07 Å². The maximum Gasteiger partial charge on any atom is 0.336 e. The van der Waals surface area contributed by atoms with E-state index < -0.39 is 22.6 Å². The van der Waals surface area contributed by atoms with Gasteiger partial charge in [0.05, 0.1) is 16.9 Å². The summed E-state index contributed by atoms with van der Waals surface area (Å²) in [4.78, 5) is 41.1. The molecule has 2 N–H and O–H groups in total. The van der Waals surface area contributed by atoms with E-state index >= 15 is 0 Å². The highest BCUT2D eigenvalue weighted by molar-refractivity contribution is 14.1. The fraction of sp³-hybridized carbons (Fsp3) is 0.296. The monoisotopic (exact) mass is 615 g/mol. The van der Waals surface area contributed by atoms with Gasteiger partial charge in [-0.05, 0) is 92.6 Å². The fourth-order valence-corrected chi connectivity index (χ4v) is 5.09. The van der Waals surface area contributed by atoms with Crippen molar-refractivity contribution in [2.75, 3.05) is 10.6 Å². The molecule has 0 bridgehead atoms. The number of anilines is 3. The molecule has 37 heavy (non-hydrogen) atoms. The first kappa shape index (κ1) is 25.2. The van der Waals surface area contributed by atoms with Gasteiger partial charge in [0.15, 0.2) is 0 Å². The molecule has 1 saturated carbocycles. The van der Waals surface area contributed by atoms with Crippen molar-refractivity contribution in [3.63, 3.8) is 0 Å². The van der Waals surface area contributed by atoms with Gasteiger partial charge >= 0.3 is 5.69 Å². The van der Waals surface area contributed by atoms with Crippen molar-refractivity contribution in [1.29, 1.82) is 0 Å². The zero-order chi connectivity index (χ0) is 26.6. The maximum absolute atomic E-state index is 14.8. The topological polar surface area (TPSA) is 90.1 Å². The first-order valence-corrected chi connectivity index (χ1v) is 13.2. The Morgan fingerprint density at radius 2 is 1.78 bits per heavy atom. The lowest BCUT2D eigenvalue weighted by Crippen LogP contribution is -2.41. The molecule has 0 aliphatic heterocycles. The second-order valence-electron chi connectivity index (χ2n) is 9.68. The molecule has 0 spiro atoms. The molecule has 5 rings (SSSR count). The lowest BCUT2D eigenvalue weighted by molar-refractivity contribution is 0.630. The predicted octanol–water partition coefficient (Wildman–Crippen LogP) is 4.80. The van der Waals surface area contributed by atoms with Crippen LogP contribution >= 0.6 is 22.6 Å². The summed E-state index contributed by atoms with van der Waals surface area (Å²) < 4.78 is 19.5. The van der Waals surface area contributed by atoms with E-state index in [2.05, 4.69) is 10.6 Å². The first-order valence-electron chi connectivity index (χ1n) is 12.1. The quantitative estimate of drug-likeness (QED) is 0.305. The maximum atomic E-state index is 14.8. The van der Waals surface area contributed by atoms with Crippen molar-refractivity contribution in [2.45, 2.75) is 45.7 Å². The summed E-state index contributed by atoms with van der Waals surface area (Å²) in [6, 6.07) is 11.9. The van der Waals surface area contributed by atoms with Crippen LogP contribution in [0.5, 0.6) is 0 Å². The molecule has 2 heterocycles. The van der Waals surface area contributed by atoms with Gasteiger partial charge in [-0.2, -0.15) is 0 Å². The average molecular weight is 615 g/mol. The van der Waals surface area contributed by atoms with E-state index in [1.807, 2.05) is 54.6 Å². The Balaban J connectivity index is 1.90. The van der Waals surface area contributed by atoms with Gasteiger partial charge in [0.2, 0.25) is 0 Å². The predicted molar refractivity (Wildman–Crippen MR) is 153 cm³/mol. The Morgan fingerprint density at radius 1 is 1.05 bits per heavy atom. The number of hydrogen-bond acceptors (Lipinski definition) is 5. The molecule has 0 atom stereocenters. The Morgan fingerprint density at radius 3 is 2.43 bits per heavy atom. The molecule has 8 nitrogen and oxygen atoms in total. The fourth-order valence-electron chi connectivity index (χ4n) is 4.64. The number of pyridine rings is 1. The molecule has 1 aliphatic rings. The van der Waals surface area contributed by atoms with Crippen LogP contribution in [-0.4, -0.2) is 19.7 Å².